The first-order valence-electron chi connectivity index (χ1n) is 12.6. The third-order valence-electron chi connectivity index (χ3n) is 5.26. The van der Waals surface area contributed by atoms with E-state index in [0.717, 1.165) is 19.3 Å². The number of hydrogen-bond acceptors (Lipinski definition) is 4. The van der Waals surface area contributed by atoms with Crippen LogP contribution >= 0.6 is 0 Å². The van der Waals surface area contributed by atoms with Crippen LogP contribution in [0.4, 0.5) is 0 Å². The molecular weight excluding hydrogens is 376 g/mol. The van der Waals surface area contributed by atoms with Crippen molar-refractivity contribution in [3.63, 3.8) is 0 Å². The molecule has 4 nitrogen and oxygen atoms in total. The van der Waals surface area contributed by atoms with E-state index in [1.165, 1.54) is 64.2 Å². The average Bonchev–Trinajstić information content (AvgIpc) is 2.63. The molecule has 0 saturated heterocycles. The van der Waals surface area contributed by atoms with E-state index in [9.17, 15) is 9.59 Å². The Bertz CT molecular complexity index is 425. The van der Waals surface area contributed by atoms with Gasteiger partial charge in [-0.05, 0) is 31.6 Å². The highest BCUT2D eigenvalue weighted by atomic mass is 16.5. The van der Waals surface area contributed by atoms with Crippen molar-refractivity contribution in [2.45, 2.75) is 143 Å². The smallest absolute Gasteiger partial charge is 0.306 e. The van der Waals surface area contributed by atoms with Crippen molar-refractivity contribution in [3.05, 3.63) is 0 Å². The number of carbonyl (C=O) groups is 2. The summed E-state index contributed by atoms with van der Waals surface area (Å²) in [7, 11) is 0. The Balaban J connectivity index is 3.43. The Hall–Kier alpha value is -1.06. The van der Waals surface area contributed by atoms with Crippen LogP contribution in [-0.4, -0.2) is 24.6 Å². The largest absolute Gasteiger partial charge is 0.466 e. The second-order valence-corrected chi connectivity index (χ2v) is 10.0. The third-order valence-corrected chi connectivity index (χ3v) is 5.26. The number of esters is 2. The fourth-order valence-corrected chi connectivity index (χ4v) is 3.77. The van der Waals surface area contributed by atoms with Crippen molar-refractivity contribution < 1.29 is 19.1 Å². The second-order valence-electron chi connectivity index (χ2n) is 10.0. The summed E-state index contributed by atoms with van der Waals surface area (Å²) >= 11 is 0. The Morgan fingerprint density at radius 3 is 1.67 bits per heavy atom. The summed E-state index contributed by atoms with van der Waals surface area (Å²) in [5.74, 6) is -0.422. The van der Waals surface area contributed by atoms with Gasteiger partial charge in [-0.2, -0.15) is 0 Å². The highest BCUT2D eigenvalue weighted by molar-refractivity contribution is 5.72. The lowest BCUT2D eigenvalue weighted by molar-refractivity contribution is -0.149. The summed E-state index contributed by atoms with van der Waals surface area (Å²) < 4.78 is 10.7. The van der Waals surface area contributed by atoms with Crippen LogP contribution in [0.3, 0.4) is 0 Å². The summed E-state index contributed by atoms with van der Waals surface area (Å²) in [6.45, 7) is 11.1. The minimum atomic E-state index is -0.222. The highest BCUT2D eigenvalue weighted by Gasteiger charge is 2.18. The minimum absolute atomic E-state index is 0.0877. The summed E-state index contributed by atoms with van der Waals surface area (Å²) in [5, 5.41) is 0. The molecule has 0 N–H and O–H groups in total. The normalized spacial score (nSPS) is 12.6. The standard InChI is InChI=1S/C26H50O4/c1-6-7-8-9-10-11-12-13-14-15-16-17-21-29-24(27)19-18-20-25(28)30-23(2)22-26(3,4)5/h23H,6-22H2,1-5H3. The Kier molecular flexibility index (Phi) is 18.0. The lowest BCUT2D eigenvalue weighted by atomic mass is 9.90. The highest BCUT2D eigenvalue weighted by Crippen LogP contribution is 2.22. The van der Waals surface area contributed by atoms with Crippen molar-refractivity contribution in [1.82, 2.24) is 0 Å². The molecule has 0 amide bonds. The monoisotopic (exact) mass is 426 g/mol. The quantitative estimate of drug-likeness (QED) is 0.156. The SMILES string of the molecule is CCCCCCCCCCCCCCOC(=O)CCCC(=O)OC(C)CC(C)(C)C. The van der Waals surface area contributed by atoms with E-state index < -0.39 is 0 Å². The number of unbranched alkanes of at least 4 members (excludes halogenated alkanes) is 11. The molecule has 0 aliphatic carbocycles. The van der Waals surface area contributed by atoms with Gasteiger partial charge in [0.1, 0.15) is 0 Å². The van der Waals surface area contributed by atoms with Gasteiger partial charge in [-0.25, -0.2) is 0 Å². The topological polar surface area (TPSA) is 52.6 Å². The lowest BCUT2D eigenvalue weighted by Gasteiger charge is -2.23. The van der Waals surface area contributed by atoms with Gasteiger partial charge >= 0.3 is 11.9 Å². The van der Waals surface area contributed by atoms with E-state index >= 15 is 0 Å². The molecule has 1 unspecified atom stereocenters. The van der Waals surface area contributed by atoms with Crippen LogP contribution in [0.1, 0.15) is 137 Å². The molecule has 0 aliphatic heterocycles. The molecule has 0 aromatic carbocycles. The van der Waals surface area contributed by atoms with Crippen LogP contribution < -0.4 is 0 Å². The van der Waals surface area contributed by atoms with Crippen molar-refractivity contribution in [1.29, 1.82) is 0 Å². The zero-order valence-corrected chi connectivity index (χ0v) is 20.7. The zero-order valence-electron chi connectivity index (χ0n) is 20.7. The van der Waals surface area contributed by atoms with Gasteiger partial charge in [0, 0.05) is 12.8 Å². The second kappa shape index (κ2) is 18.7. The summed E-state index contributed by atoms with van der Waals surface area (Å²) in [6, 6.07) is 0. The summed E-state index contributed by atoms with van der Waals surface area (Å²) in [5.41, 5.74) is 0.136. The van der Waals surface area contributed by atoms with Crippen LogP contribution in [0, 0.1) is 5.41 Å². The Morgan fingerprint density at radius 2 is 1.17 bits per heavy atom. The lowest BCUT2D eigenvalue weighted by Crippen LogP contribution is -2.21. The molecule has 0 heterocycles. The predicted molar refractivity (Wildman–Crippen MR) is 126 cm³/mol. The molecule has 0 fully saturated rings. The molecule has 178 valence electrons. The first-order chi connectivity index (χ1) is 14.2. The molecule has 4 heteroatoms. The van der Waals surface area contributed by atoms with Crippen LogP contribution in [0.15, 0.2) is 0 Å². The van der Waals surface area contributed by atoms with Crippen LogP contribution in [0.2, 0.25) is 0 Å². The van der Waals surface area contributed by atoms with Gasteiger partial charge in [0.05, 0.1) is 12.7 Å². The van der Waals surface area contributed by atoms with E-state index in [4.69, 9.17) is 9.47 Å². The summed E-state index contributed by atoms with van der Waals surface area (Å²) in [6.07, 6.45) is 17.4. The third kappa shape index (κ3) is 21.6. The fourth-order valence-electron chi connectivity index (χ4n) is 3.77. The van der Waals surface area contributed by atoms with Crippen molar-refractivity contribution >= 4 is 11.9 Å². The molecule has 0 aromatic rings. The van der Waals surface area contributed by atoms with Gasteiger partial charge in [0.25, 0.3) is 0 Å². The van der Waals surface area contributed by atoms with Gasteiger partial charge in [-0.15, -0.1) is 0 Å². The fraction of sp³-hybridized carbons (Fsp3) is 0.923. The van der Waals surface area contributed by atoms with E-state index in [-0.39, 0.29) is 29.9 Å². The number of rotatable bonds is 19. The number of carbonyl (C=O) groups excluding carboxylic acids is 2. The molecule has 0 radical (unpaired) electrons. The molecule has 0 bridgehead atoms. The maximum atomic E-state index is 11.8. The van der Waals surface area contributed by atoms with Gasteiger partial charge in [-0.3, -0.25) is 9.59 Å². The molecular formula is C26H50O4. The molecule has 0 aromatic heterocycles. The summed E-state index contributed by atoms with van der Waals surface area (Å²) in [4.78, 5) is 23.6. The van der Waals surface area contributed by atoms with Crippen LogP contribution in [0.25, 0.3) is 0 Å². The van der Waals surface area contributed by atoms with E-state index in [2.05, 4.69) is 27.7 Å². The van der Waals surface area contributed by atoms with Crippen molar-refractivity contribution in [3.8, 4) is 0 Å². The molecule has 30 heavy (non-hydrogen) atoms. The first kappa shape index (κ1) is 28.9. The van der Waals surface area contributed by atoms with Crippen LogP contribution in [-0.2, 0) is 19.1 Å². The maximum Gasteiger partial charge on any atom is 0.306 e. The van der Waals surface area contributed by atoms with Gasteiger partial charge in [0.15, 0.2) is 0 Å². The Labute approximate surface area is 186 Å². The van der Waals surface area contributed by atoms with E-state index in [0.29, 0.717) is 19.4 Å². The van der Waals surface area contributed by atoms with E-state index in [1.807, 2.05) is 6.92 Å². The number of ether oxygens (including phenoxy) is 2. The minimum Gasteiger partial charge on any atom is -0.466 e. The van der Waals surface area contributed by atoms with Gasteiger partial charge < -0.3 is 9.47 Å². The first-order valence-corrected chi connectivity index (χ1v) is 12.6. The van der Waals surface area contributed by atoms with Crippen LogP contribution in [0.5, 0.6) is 0 Å². The molecule has 0 rings (SSSR count). The molecule has 0 aliphatic rings. The van der Waals surface area contributed by atoms with Crippen molar-refractivity contribution in [2.24, 2.45) is 5.41 Å². The average molecular weight is 427 g/mol. The van der Waals surface area contributed by atoms with Crippen molar-refractivity contribution in [2.75, 3.05) is 6.61 Å². The zero-order chi connectivity index (χ0) is 22.7. The molecule has 0 saturated carbocycles. The maximum absolute atomic E-state index is 11.8. The van der Waals surface area contributed by atoms with Gasteiger partial charge in [-0.1, -0.05) is 98.3 Å². The Morgan fingerprint density at radius 1 is 0.700 bits per heavy atom. The molecule has 1 atom stereocenters. The number of hydrogen-bond donors (Lipinski definition) is 0. The predicted octanol–water partition coefficient (Wildman–Crippen LogP) is 7.77. The van der Waals surface area contributed by atoms with E-state index in [1.54, 1.807) is 0 Å². The molecule has 0 spiro atoms. The van der Waals surface area contributed by atoms with Gasteiger partial charge in [0.2, 0.25) is 0 Å².